The first-order chi connectivity index (χ1) is 9.50. The number of aromatic hydroxyl groups is 1. The average molecular weight is 274 g/mol. The molecule has 1 atom stereocenters. The second kappa shape index (κ2) is 5.58. The van der Waals surface area contributed by atoms with Crippen LogP contribution in [0, 0.1) is 0 Å². The largest absolute Gasteiger partial charge is 0.506 e. The molecule has 0 bridgehead atoms. The molecule has 1 unspecified atom stereocenters. The van der Waals surface area contributed by atoms with Crippen molar-refractivity contribution in [3.8, 4) is 5.75 Å². The molecule has 0 aliphatic heterocycles. The van der Waals surface area contributed by atoms with Crippen molar-refractivity contribution in [2.45, 2.75) is 6.10 Å². The monoisotopic (exact) mass is 274 g/mol. The van der Waals surface area contributed by atoms with E-state index in [2.05, 4.69) is 5.32 Å². The summed E-state index contributed by atoms with van der Waals surface area (Å²) in [7, 11) is 0. The maximum atomic E-state index is 11.9. The molecule has 0 radical (unpaired) electrons. The highest BCUT2D eigenvalue weighted by Gasteiger charge is 2.16. The van der Waals surface area contributed by atoms with E-state index in [1.54, 1.807) is 18.2 Å². The van der Waals surface area contributed by atoms with Crippen LogP contribution in [0.1, 0.15) is 10.4 Å². The van der Waals surface area contributed by atoms with Gasteiger partial charge in [0.1, 0.15) is 11.9 Å². The van der Waals surface area contributed by atoms with Crippen LogP contribution < -0.4 is 11.1 Å². The molecule has 0 aromatic heterocycles. The third-order valence-electron chi connectivity index (χ3n) is 2.93. The van der Waals surface area contributed by atoms with Gasteiger partial charge in [0.15, 0.2) is 0 Å². The van der Waals surface area contributed by atoms with Gasteiger partial charge in [0.25, 0.3) is 5.91 Å². The van der Waals surface area contributed by atoms with Crippen molar-refractivity contribution >= 4 is 22.6 Å². The highest BCUT2D eigenvalue weighted by atomic mass is 16.3. The molecular weight excluding hydrogens is 260 g/mol. The van der Waals surface area contributed by atoms with Crippen molar-refractivity contribution in [1.82, 2.24) is 5.32 Å². The number of primary amides is 1. The molecule has 0 aliphatic carbocycles. The first kappa shape index (κ1) is 13.8. The number of carbonyl (C=O) groups excluding carboxylic acids is 2. The highest BCUT2D eigenvalue weighted by Crippen LogP contribution is 2.28. The number of phenols is 1. The Labute approximate surface area is 114 Å². The van der Waals surface area contributed by atoms with E-state index in [-0.39, 0.29) is 17.9 Å². The minimum Gasteiger partial charge on any atom is -0.506 e. The fraction of sp³-hybridized carbons (Fsp3) is 0.143. The Morgan fingerprint density at radius 1 is 1.20 bits per heavy atom. The molecule has 6 heteroatoms. The molecule has 0 heterocycles. The van der Waals surface area contributed by atoms with Crippen molar-refractivity contribution in [2.24, 2.45) is 5.73 Å². The number of nitrogens with one attached hydrogen (secondary N) is 1. The van der Waals surface area contributed by atoms with Crippen molar-refractivity contribution in [3.05, 3.63) is 42.0 Å². The number of carbonyl (C=O) groups is 2. The quantitative estimate of drug-likeness (QED) is 0.634. The van der Waals surface area contributed by atoms with E-state index in [4.69, 9.17) is 5.73 Å². The molecule has 0 saturated carbocycles. The Morgan fingerprint density at radius 3 is 2.60 bits per heavy atom. The second-order valence-corrected chi connectivity index (χ2v) is 4.31. The van der Waals surface area contributed by atoms with E-state index < -0.39 is 17.9 Å². The third-order valence-corrected chi connectivity index (χ3v) is 2.93. The molecule has 6 nitrogen and oxygen atoms in total. The second-order valence-electron chi connectivity index (χ2n) is 4.31. The van der Waals surface area contributed by atoms with Crippen LogP contribution >= 0.6 is 0 Å². The Kier molecular flexibility index (Phi) is 3.86. The van der Waals surface area contributed by atoms with Crippen molar-refractivity contribution in [2.75, 3.05) is 6.54 Å². The molecule has 0 saturated heterocycles. The number of hydrogen-bond acceptors (Lipinski definition) is 4. The molecule has 0 fully saturated rings. The molecule has 2 aromatic rings. The Balaban J connectivity index is 2.22. The first-order valence-corrected chi connectivity index (χ1v) is 5.97. The summed E-state index contributed by atoms with van der Waals surface area (Å²) in [6, 6.07) is 10.3. The highest BCUT2D eigenvalue weighted by molar-refractivity contribution is 6.03. The number of aliphatic hydroxyl groups excluding tert-OH is 1. The topological polar surface area (TPSA) is 113 Å². The van der Waals surface area contributed by atoms with Gasteiger partial charge >= 0.3 is 0 Å². The van der Waals surface area contributed by atoms with Crippen LogP contribution in [0.25, 0.3) is 10.8 Å². The zero-order valence-electron chi connectivity index (χ0n) is 10.5. The van der Waals surface area contributed by atoms with Gasteiger partial charge in [0.2, 0.25) is 5.91 Å². The summed E-state index contributed by atoms with van der Waals surface area (Å²) in [6.45, 7) is -0.305. The van der Waals surface area contributed by atoms with Crippen LogP contribution in [0.4, 0.5) is 0 Å². The molecule has 2 amide bonds. The molecule has 5 N–H and O–H groups in total. The van der Waals surface area contributed by atoms with Crippen LogP contribution in [-0.4, -0.2) is 34.7 Å². The lowest BCUT2D eigenvalue weighted by Gasteiger charge is -2.10. The average Bonchev–Trinajstić information content (AvgIpc) is 2.45. The van der Waals surface area contributed by atoms with Crippen molar-refractivity contribution in [3.63, 3.8) is 0 Å². The van der Waals surface area contributed by atoms with Gasteiger partial charge in [0.05, 0.1) is 12.1 Å². The summed E-state index contributed by atoms with van der Waals surface area (Å²) in [6.07, 6.45) is -1.46. The summed E-state index contributed by atoms with van der Waals surface area (Å²) in [5.74, 6) is -1.66. The fourth-order valence-corrected chi connectivity index (χ4v) is 1.82. The predicted molar refractivity (Wildman–Crippen MR) is 73.1 cm³/mol. The standard InChI is InChI=1S/C14H14N2O4/c15-13(19)11(17)7-16-14(20)10-6-5-8-3-1-2-4-9(8)12(10)18/h1-6,11,17-18H,7H2,(H2,15,19)(H,16,20). The maximum Gasteiger partial charge on any atom is 0.255 e. The number of phenolic OH excluding ortho intramolecular Hbond substituents is 1. The molecular formula is C14H14N2O4. The van der Waals surface area contributed by atoms with Gasteiger partial charge in [-0.2, -0.15) is 0 Å². The van der Waals surface area contributed by atoms with E-state index in [0.29, 0.717) is 5.39 Å². The molecule has 0 aliphatic rings. The SMILES string of the molecule is NC(=O)C(O)CNC(=O)c1ccc2ccccc2c1O. The Bertz CT molecular complexity index is 669. The van der Waals surface area contributed by atoms with Gasteiger partial charge in [-0.05, 0) is 11.5 Å². The number of fused-ring (bicyclic) bond motifs is 1. The number of amides is 2. The molecule has 20 heavy (non-hydrogen) atoms. The summed E-state index contributed by atoms with van der Waals surface area (Å²) >= 11 is 0. The predicted octanol–water partition coefficient (Wildman–Crippen LogP) is 0.121. The molecule has 2 aromatic carbocycles. The van der Waals surface area contributed by atoms with E-state index in [1.165, 1.54) is 6.07 Å². The Morgan fingerprint density at radius 2 is 1.90 bits per heavy atom. The third kappa shape index (κ3) is 2.70. The minimum absolute atomic E-state index is 0.0698. The number of aliphatic hydroxyl groups is 1. The lowest BCUT2D eigenvalue weighted by molar-refractivity contribution is -0.125. The lowest BCUT2D eigenvalue weighted by Crippen LogP contribution is -2.39. The molecule has 0 spiro atoms. The normalized spacial score (nSPS) is 12.1. The van der Waals surface area contributed by atoms with Crippen LogP contribution in [0.15, 0.2) is 36.4 Å². The van der Waals surface area contributed by atoms with Gasteiger partial charge in [0, 0.05) is 5.39 Å². The van der Waals surface area contributed by atoms with Crippen LogP contribution in [0.2, 0.25) is 0 Å². The minimum atomic E-state index is -1.46. The molecule has 104 valence electrons. The van der Waals surface area contributed by atoms with Gasteiger partial charge in [-0.3, -0.25) is 9.59 Å². The first-order valence-electron chi connectivity index (χ1n) is 5.97. The van der Waals surface area contributed by atoms with E-state index in [1.807, 2.05) is 12.1 Å². The van der Waals surface area contributed by atoms with E-state index >= 15 is 0 Å². The van der Waals surface area contributed by atoms with Crippen LogP contribution in [-0.2, 0) is 4.79 Å². The summed E-state index contributed by atoms with van der Waals surface area (Å²) in [5, 5.41) is 23.0. The van der Waals surface area contributed by atoms with E-state index in [0.717, 1.165) is 5.39 Å². The summed E-state index contributed by atoms with van der Waals surface area (Å²) < 4.78 is 0. The maximum absolute atomic E-state index is 11.9. The fourth-order valence-electron chi connectivity index (χ4n) is 1.82. The lowest BCUT2D eigenvalue weighted by atomic mass is 10.0. The number of hydrogen-bond donors (Lipinski definition) is 4. The van der Waals surface area contributed by atoms with Crippen molar-refractivity contribution in [1.29, 1.82) is 0 Å². The van der Waals surface area contributed by atoms with E-state index in [9.17, 15) is 19.8 Å². The molecule has 2 rings (SSSR count). The van der Waals surface area contributed by atoms with Crippen molar-refractivity contribution < 1.29 is 19.8 Å². The number of rotatable bonds is 4. The number of nitrogens with two attached hydrogens (primary N) is 1. The summed E-state index contributed by atoms with van der Waals surface area (Å²) in [4.78, 5) is 22.6. The number of benzene rings is 2. The van der Waals surface area contributed by atoms with Gasteiger partial charge in [-0.25, -0.2) is 0 Å². The van der Waals surface area contributed by atoms with Gasteiger partial charge < -0.3 is 21.3 Å². The zero-order chi connectivity index (χ0) is 14.7. The van der Waals surface area contributed by atoms with Crippen LogP contribution in [0.3, 0.4) is 0 Å². The van der Waals surface area contributed by atoms with Gasteiger partial charge in [-0.1, -0.05) is 30.3 Å². The summed E-state index contributed by atoms with van der Waals surface area (Å²) in [5.41, 5.74) is 4.95. The smallest absolute Gasteiger partial charge is 0.255 e. The zero-order valence-corrected chi connectivity index (χ0v) is 10.5. The van der Waals surface area contributed by atoms with Gasteiger partial charge in [-0.15, -0.1) is 0 Å². The van der Waals surface area contributed by atoms with Crippen LogP contribution in [0.5, 0.6) is 5.75 Å². The Hall–Kier alpha value is -2.60.